The highest BCUT2D eigenvalue weighted by molar-refractivity contribution is 5.94. The van der Waals surface area contributed by atoms with E-state index in [9.17, 15) is 9.18 Å². The molecule has 0 aliphatic rings. The van der Waals surface area contributed by atoms with Crippen molar-refractivity contribution in [1.82, 2.24) is 10.6 Å². The van der Waals surface area contributed by atoms with E-state index in [1.807, 2.05) is 14.0 Å². The number of hydrogen-bond acceptors (Lipinski definition) is 2. The van der Waals surface area contributed by atoms with Crippen LogP contribution in [0.2, 0.25) is 0 Å². The topological polar surface area (TPSA) is 41.1 Å². The van der Waals surface area contributed by atoms with E-state index in [0.29, 0.717) is 23.6 Å². The van der Waals surface area contributed by atoms with Crippen molar-refractivity contribution in [3.05, 3.63) is 35.1 Å². The Balaban J connectivity index is 2.55. The smallest absolute Gasteiger partial charge is 0.251 e. The molecule has 2 N–H and O–H groups in total. The fourth-order valence-electron chi connectivity index (χ4n) is 1.58. The molecule has 3 nitrogen and oxygen atoms in total. The summed E-state index contributed by atoms with van der Waals surface area (Å²) in [7, 11) is 1.88. The molecule has 0 radical (unpaired) electrons. The summed E-state index contributed by atoms with van der Waals surface area (Å²) in [6, 6.07) is 4.38. The third kappa shape index (κ3) is 4.15. The van der Waals surface area contributed by atoms with Crippen molar-refractivity contribution in [2.75, 3.05) is 20.1 Å². The Bertz CT molecular complexity index is 393. The zero-order valence-corrected chi connectivity index (χ0v) is 10.5. The quantitative estimate of drug-likeness (QED) is 0.820. The number of hydrogen-bond donors (Lipinski definition) is 2. The Morgan fingerprint density at radius 2 is 2.12 bits per heavy atom. The fourth-order valence-corrected chi connectivity index (χ4v) is 1.58. The van der Waals surface area contributed by atoms with Gasteiger partial charge in [0.2, 0.25) is 0 Å². The van der Waals surface area contributed by atoms with Crippen LogP contribution in [0.5, 0.6) is 0 Å². The Labute approximate surface area is 101 Å². The predicted molar refractivity (Wildman–Crippen MR) is 66.6 cm³/mol. The predicted octanol–water partition coefficient (Wildman–Crippen LogP) is 1.72. The molecule has 4 heteroatoms. The van der Waals surface area contributed by atoms with Crippen molar-refractivity contribution in [3.8, 4) is 0 Å². The summed E-state index contributed by atoms with van der Waals surface area (Å²) in [5.74, 6) is -0.0772. The first-order valence-electron chi connectivity index (χ1n) is 5.73. The maximum Gasteiger partial charge on any atom is 0.251 e. The molecule has 94 valence electrons. The molecule has 1 rings (SSSR count). The van der Waals surface area contributed by atoms with Crippen LogP contribution in [-0.2, 0) is 0 Å². The first-order chi connectivity index (χ1) is 8.04. The second-order valence-corrected chi connectivity index (χ2v) is 4.34. The van der Waals surface area contributed by atoms with Gasteiger partial charge >= 0.3 is 0 Å². The van der Waals surface area contributed by atoms with Gasteiger partial charge in [-0.3, -0.25) is 4.79 Å². The summed E-state index contributed by atoms with van der Waals surface area (Å²) in [4.78, 5) is 11.8. The van der Waals surface area contributed by atoms with Crippen LogP contribution < -0.4 is 10.6 Å². The highest BCUT2D eigenvalue weighted by atomic mass is 19.1. The molecule has 0 aromatic heterocycles. The number of amides is 1. The normalized spacial score (nSPS) is 12.2. The van der Waals surface area contributed by atoms with Crippen LogP contribution >= 0.6 is 0 Å². The van der Waals surface area contributed by atoms with E-state index in [2.05, 4.69) is 10.6 Å². The second-order valence-electron chi connectivity index (χ2n) is 4.34. The fraction of sp³-hybridized carbons (Fsp3) is 0.462. The standard InChI is InChI=1S/C13H19FN2O/c1-9(7-15-3)8-16-13(17)11-4-5-12(14)10(2)6-11/h4-6,9,15H,7-8H2,1-3H3,(H,16,17)/t9-/m0/s1. The van der Waals surface area contributed by atoms with Gasteiger partial charge in [0, 0.05) is 12.1 Å². The minimum atomic E-state index is -0.287. The summed E-state index contributed by atoms with van der Waals surface area (Å²) < 4.78 is 13.0. The van der Waals surface area contributed by atoms with Crippen LogP contribution in [0.25, 0.3) is 0 Å². The molecule has 0 bridgehead atoms. The van der Waals surface area contributed by atoms with E-state index >= 15 is 0 Å². The molecule has 0 unspecified atom stereocenters. The third-order valence-electron chi connectivity index (χ3n) is 2.58. The number of benzene rings is 1. The van der Waals surface area contributed by atoms with Crippen LogP contribution in [0.15, 0.2) is 18.2 Å². The van der Waals surface area contributed by atoms with Crippen LogP contribution in [0.1, 0.15) is 22.8 Å². The Kier molecular flexibility index (Phi) is 5.10. The molecule has 0 aliphatic carbocycles. The summed E-state index contributed by atoms with van der Waals surface area (Å²) in [5.41, 5.74) is 0.987. The van der Waals surface area contributed by atoms with Gasteiger partial charge in [-0.05, 0) is 50.2 Å². The summed E-state index contributed by atoms with van der Waals surface area (Å²) in [6.45, 7) is 5.15. The van der Waals surface area contributed by atoms with E-state index in [1.165, 1.54) is 12.1 Å². The first-order valence-corrected chi connectivity index (χ1v) is 5.73. The zero-order chi connectivity index (χ0) is 12.8. The number of aryl methyl sites for hydroxylation is 1. The molecule has 1 aromatic rings. The number of carbonyl (C=O) groups is 1. The van der Waals surface area contributed by atoms with E-state index < -0.39 is 0 Å². The molecule has 1 atom stereocenters. The Hall–Kier alpha value is -1.42. The summed E-state index contributed by atoms with van der Waals surface area (Å²) >= 11 is 0. The van der Waals surface area contributed by atoms with Gasteiger partial charge in [-0.15, -0.1) is 0 Å². The van der Waals surface area contributed by atoms with Gasteiger partial charge in [0.1, 0.15) is 5.82 Å². The second kappa shape index (κ2) is 6.35. The molecular formula is C13H19FN2O. The van der Waals surface area contributed by atoms with Crippen LogP contribution in [-0.4, -0.2) is 26.0 Å². The maximum absolute atomic E-state index is 13.0. The average molecular weight is 238 g/mol. The van der Waals surface area contributed by atoms with Gasteiger partial charge in [-0.2, -0.15) is 0 Å². The first kappa shape index (κ1) is 13.6. The Morgan fingerprint density at radius 1 is 1.41 bits per heavy atom. The number of halogens is 1. The van der Waals surface area contributed by atoms with Gasteiger partial charge in [0.15, 0.2) is 0 Å². The molecular weight excluding hydrogens is 219 g/mol. The largest absolute Gasteiger partial charge is 0.352 e. The van der Waals surface area contributed by atoms with Crippen LogP contribution in [0.4, 0.5) is 4.39 Å². The molecule has 1 amide bonds. The third-order valence-corrected chi connectivity index (χ3v) is 2.58. The van der Waals surface area contributed by atoms with Crippen molar-refractivity contribution in [2.24, 2.45) is 5.92 Å². The van der Waals surface area contributed by atoms with Gasteiger partial charge in [0.25, 0.3) is 5.91 Å². The number of rotatable bonds is 5. The highest BCUT2D eigenvalue weighted by Gasteiger charge is 2.08. The van der Waals surface area contributed by atoms with Gasteiger partial charge in [-0.1, -0.05) is 6.92 Å². The van der Waals surface area contributed by atoms with Crippen molar-refractivity contribution in [3.63, 3.8) is 0 Å². The molecule has 0 spiro atoms. The minimum Gasteiger partial charge on any atom is -0.352 e. The molecule has 0 saturated heterocycles. The van der Waals surface area contributed by atoms with Crippen molar-refractivity contribution in [1.29, 1.82) is 0 Å². The minimum absolute atomic E-state index is 0.156. The van der Waals surface area contributed by atoms with Crippen molar-refractivity contribution >= 4 is 5.91 Å². The highest BCUT2D eigenvalue weighted by Crippen LogP contribution is 2.09. The van der Waals surface area contributed by atoms with E-state index in [-0.39, 0.29) is 11.7 Å². The molecule has 1 aromatic carbocycles. The van der Waals surface area contributed by atoms with E-state index in [0.717, 1.165) is 6.54 Å². The van der Waals surface area contributed by atoms with Crippen molar-refractivity contribution < 1.29 is 9.18 Å². The average Bonchev–Trinajstić information content (AvgIpc) is 2.30. The number of nitrogens with one attached hydrogen (secondary N) is 2. The SMILES string of the molecule is CNC[C@H](C)CNC(=O)c1ccc(F)c(C)c1. The van der Waals surface area contributed by atoms with Crippen LogP contribution in [0.3, 0.4) is 0 Å². The monoisotopic (exact) mass is 238 g/mol. The van der Waals surface area contributed by atoms with E-state index in [4.69, 9.17) is 0 Å². The van der Waals surface area contributed by atoms with Crippen molar-refractivity contribution in [2.45, 2.75) is 13.8 Å². The summed E-state index contributed by atoms with van der Waals surface area (Å²) in [5, 5.41) is 5.88. The lowest BCUT2D eigenvalue weighted by molar-refractivity contribution is 0.0948. The van der Waals surface area contributed by atoms with Gasteiger partial charge < -0.3 is 10.6 Å². The molecule has 17 heavy (non-hydrogen) atoms. The molecule has 0 fully saturated rings. The lowest BCUT2D eigenvalue weighted by Gasteiger charge is -2.12. The molecule has 0 saturated carbocycles. The lowest BCUT2D eigenvalue weighted by atomic mass is 10.1. The van der Waals surface area contributed by atoms with Gasteiger partial charge in [-0.25, -0.2) is 4.39 Å². The molecule has 0 aliphatic heterocycles. The zero-order valence-electron chi connectivity index (χ0n) is 10.5. The molecule has 0 heterocycles. The summed E-state index contributed by atoms with van der Waals surface area (Å²) in [6.07, 6.45) is 0. The van der Waals surface area contributed by atoms with E-state index in [1.54, 1.807) is 13.0 Å². The number of carbonyl (C=O) groups excluding carboxylic acids is 1. The van der Waals surface area contributed by atoms with Crippen LogP contribution in [0, 0.1) is 18.7 Å². The van der Waals surface area contributed by atoms with Gasteiger partial charge in [0.05, 0.1) is 0 Å². The maximum atomic E-state index is 13.0. The Morgan fingerprint density at radius 3 is 2.71 bits per heavy atom. The lowest BCUT2D eigenvalue weighted by Crippen LogP contribution is -2.32.